The number of ether oxygens (including phenoxy) is 2. The van der Waals surface area contributed by atoms with Crippen LogP contribution in [0.4, 0.5) is 5.69 Å². The maximum absolute atomic E-state index is 12.1. The minimum absolute atomic E-state index is 0.0954. The summed E-state index contributed by atoms with van der Waals surface area (Å²) in [5.41, 5.74) is 0.771. The first-order valence-corrected chi connectivity index (χ1v) is 9.45. The zero-order chi connectivity index (χ0) is 18.6. The van der Waals surface area contributed by atoms with Gasteiger partial charge in [0.25, 0.3) is 0 Å². The van der Waals surface area contributed by atoms with Crippen molar-refractivity contribution in [3.8, 4) is 11.5 Å². The van der Waals surface area contributed by atoms with E-state index in [1.54, 1.807) is 0 Å². The number of rotatable bonds is 5. The van der Waals surface area contributed by atoms with Crippen LogP contribution < -0.4 is 14.8 Å². The monoisotopic (exact) mass is 382 g/mol. The number of carbonyl (C=O) groups excluding carboxylic acids is 1. The van der Waals surface area contributed by atoms with E-state index in [2.05, 4.69) is 15.5 Å². The first-order valence-electron chi connectivity index (χ1n) is 8.46. The number of hydrogen-bond acceptors (Lipinski definition) is 6. The molecule has 8 heteroatoms. The number of aromatic nitrogens is 3. The van der Waals surface area contributed by atoms with Gasteiger partial charge in [-0.1, -0.05) is 42.1 Å². The molecule has 4 rings (SSSR count). The fraction of sp³-hybridized carbons (Fsp3) is 0.211. The van der Waals surface area contributed by atoms with E-state index in [4.69, 9.17) is 9.47 Å². The lowest BCUT2D eigenvalue weighted by Crippen LogP contribution is -2.24. The van der Waals surface area contributed by atoms with Crippen molar-refractivity contribution in [2.24, 2.45) is 7.05 Å². The Kier molecular flexibility index (Phi) is 4.97. The molecule has 0 radical (unpaired) electrons. The highest BCUT2D eigenvalue weighted by Crippen LogP contribution is 2.35. The number of thioether (sulfide) groups is 1. The van der Waals surface area contributed by atoms with Crippen LogP contribution in [0.15, 0.2) is 59.8 Å². The predicted octanol–water partition coefficient (Wildman–Crippen LogP) is 3.06. The zero-order valence-electron chi connectivity index (χ0n) is 14.7. The van der Waals surface area contributed by atoms with E-state index >= 15 is 0 Å². The number of nitrogens with zero attached hydrogens (tertiary/aromatic N) is 3. The van der Waals surface area contributed by atoms with Crippen LogP contribution in [0, 0.1) is 0 Å². The van der Waals surface area contributed by atoms with Gasteiger partial charge in [-0.2, -0.15) is 0 Å². The molecule has 27 heavy (non-hydrogen) atoms. The molecule has 1 N–H and O–H groups in total. The van der Waals surface area contributed by atoms with Crippen molar-refractivity contribution in [3.63, 3.8) is 0 Å². The van der Waals surface area contributed by atoms with Crippen LogP contribution in [0.2, 0.25) is 0 Å². The minimum Gasteiger partial charge on any atom is -0.485 e. The summed E-state index contributed by atoms with van der Waals surface area (Å²) in [5, 5.41) is 11.9. The number of hydrogen-bond donors (Lipinski definition) is 1. The van der Waals surface area contributed by atoms with Gasteiger partial charge in [-0.25, -0.2) is 0 Å². The van der Waals surface area contributed by atoms with Gasteiger partial charge < -0.3 is 19.4 Å². The first-order chi connectivity index (χ1) is 13.2. The van der Waals surface area contributed by atoms with Crippen molar-refractivity contribution in [1.82, 2.24) is 14.8 Å². The summed E-state index contributed by atoms with van der Waals surface area (Å²) < 4.78 is 13.6. The second-order valence-electron chi connectivity index (χ2n) is 5.97. The highest BCUT2D eigenvalue weighted by Gasteiger charge is 2.27. The van der Waals surface area contributed by atoms with E-state index in [1.165, 1.54) is 11.8 Å². The molecule has 0 bridgehead atoms. The Bertz CT molecular complexity index is 945. The van der Waals surface area contributed by atoms with E-state index < -0.39 is 0 Å². The molecule has 2 aromatic carbocycles. The third kappa shape index (κ3) is 3.90. The second kappa shape index (κ2) is 7.71. The molecule has 0 spiro atoms. The number of para-hydroxylation sites is 3. The SMILES string of the molecule is Cn1c(SCC(=O)Nc2ccccc2)nnc1C1COc2ccccc2O1. The van der Waals surface area contributed by atoms with E-state index in [1.807, 2.05) is 66.2 Å². The summed E-state index contributed by atoms with van der Waals surface area (Å²) in [5.74, 6) is 2.22. The lowest BCUT2D eigenvalue weighted by atomic mass is 10.2. The van der Waals surface area contributed by atoms with Crippen molar-refractivity contribution in [1.29, 1.82) is 0 Å². The van der Waals surface area contributed by atoms with Crippen molar-refractivity contribution in [2.45, 2.75) is 11.3 Å². The van der Waals surface area contributed by atoms with Crippen LogP contribution >= 0.6 is 11.8 Å². The topological polar surface area (TPSA) is 78.3 Å². The fourth-order valence-corrected chi connectivity index (χ4v) is 3.45. The first kappa shape index (κ1) is 17.4. The van der Waals surface area contributed by atoms with Gasteiger partial charge in [0.1, 0.15) is 6.61 Å². The summed E-state index contributed by atoms with van der Waals surface area (Å²) >= 11 is 1.33. The van der Waals surface area contributed by atoms with Gasteiger partial charge in [0.2, 0.25) is 5.91 Å². The summed E-state index contributed by atoms with van der Waals surface area (Å²) in [7, 11) is 1.86. The Hall–Kier alpha value is -3.00. The summed E-state index contributed by atoms with van der Waals surface area (Å²) in [6, 6.07) is 16.9. The predicted molar refractivity (Wildman–Crippen MR) is 102 cm³/mol. The second-order valence-corrected chi connectivity index (χ2v) is 6.91. The highest BCUT2D eigenvalue weighted by atomic mass is 32.2. The smallest absolute Gasteiger partial charge is 0.234 e. The normalized spacial score (nSPS) is 15.4. The number of amides is 1. The van der Waals surface area contributed by atoms with Gasteiger partial charge in [-0.15, -0.1) is 10.2 Å². The molecule has 1 atom stereocenters. The Morgan fingerprint density at radius 1 is 1.15 bits per heavy atom. The van der Waals surface area contributed by atoms with Crippen molar-refractivity contribution < 1.29 is 14.3 Å². The van der Waals surface area contributed by atoms with Crippen LogP contribution in [0.3, 0.4) is 0 Å². The number of carbonyl (C=O) groups is 1. The van der Waals surface area contributed by atoms with Crippen LogP contribution in [-0.4, -0.2) is 33.0 Å². The number of benzene rings is 2. The molecular formula is C19H18N4O3S. The molecule has 1 aliphatic heterocycles. The maximum Gasteiger partial charge on any atom is 0.234 e. The van der Waals surface area contributed by atoms with Gasteiger partial charge in [-0.05, 0) is 24.3 Å². The number of fused-ring (bicyclic) bond motifs is 1. The highest BCUT2D eigenvalue weighted by molar-refractivity contribution is 7.99. The zero-order valence-corrected chi connectivity index (χ0v) is 15.5. The maximum atomic E-state index is 12.1. The minimum atomic E-state index is -0.343. The molecule has 1 aromatic heterocycles. The van der Waals surface area contributed by atoms with Gasteiger partial charge in [0, 0.05) is 12.7 Å². The molecular weight excluding hydrogens is 364 g/mol. The van der Waals surface area contributed by atoms with Crippen LogP contribution in [0.5, 0.6) is 11.5 Å². The van der Waals surface area contributed by atoms with Gasteiger partial charge in [0.15, 0.2) is 28.6 Å². The van der Waals surface area contributed by atoms with E-state index in [-0.39, 0.29) is 17.8 Å². The molecule has 0 saturated carbocycles. The molecule has 1 unspecified atom stereocenters. The van der Waals surface area contributed by atoms with Gasteiger partial charge >= 0.3 is 0 Å². The molecule has 1 aliphatic rings. The third-order valence-corrected chi connectivity index (χ3v) is 5.08. The number of nitrogens with one attached hydrogen (secondary N) is 1. The number of anilines is 1. The third-order valence-electron chi connectivity index (χ3n) is 4.06. The van der Waals surface area contributed by atoms with Crippen LogP contribution in [-0.2, 0) is 11.8 Å². The molecule has 138 valence electrons. The molecule has 0 saturated heterocycles. The molecule has 0 fully saturated rings. The summed E-state index contributed by atoms with van der Waals surface area (Å²) in [4.78, 5) is 12.1. The van der Waals surface area contributed by atoms with Crippen molar-refractivity contribution >= 4 is 23.4 Å². The quantitative estimate of drug-likeness (QED) is 0.684. The van der Waals surface area contributed by atoms with Crippen molar-refractivity contribution in [2.75, 3.05) is 17.7 Å². The summed E-state index contributed by atoms with van der Waals surface area (Å²) in [6.07, 6.45) is -0.343. The Morgan fingerprint density at radius 3 is 2.70 bits per heavy atom. The Labute approximate surface area is 160 Å². The largest absolute Gasteiger partial charge is 0.485 e. The van der Waals surface area contributed by atoms with Gasteiger partial charge in [0.05, 0.1) is 5.75 Å². The standard InChI is InChI=1S/C19H18N4O3S/c1-23-18(16-11-25-14-9-5-6-10-15(14)26-16)21-22-19(23)27-12-17(24)20-13-7-3-2-4-8-13/h2-10,16H,11-12H2,1H3,(H,20,24). The van der Waals surface area contributed by atoms with E-state index in [0.29, 0.717) is 23.3 Å². The molecule has 3 aromatic rings. The van der Waals surface area contributed by atoms with E-state index in [0.717, 1.165) is 11.4 Å². The van der Waals surface area contributed by atoms with Crippen molar-refractivity contribution in [3.05, 3.63) is 60.4 Å². The fourth-order valence-electron chi connectivity index (χ4n) is 2.73. The molecule has 7 nitrogen and oxygen atoms in total. The van der Waals surface area contributed by atoms with Gasteiger partial charge in [-0.3, -0.25) is 4.79 Å². The van der Waals surface area contributed by atoms with E-state index in [9.17, 15) is 4.79 Å². The average Bonchev–Trinajstić information content (AvgIpc) is 3.07. The Balaban J connectivity index is 1.39. The average molecular weight is 382 g/mol. The Morgan fingerprint density at radius 2 is 1.89 bits per heavy atom. The lowest BCUT2D eigenvalue weighted by molar-refractivity contribution is -0.113. The van der Waals surface area contributed by atoms with Crippen LogP contribution in [0.25, 0.3) is 0 Å². The van der Waals surface area contributed by atoms with Crippen LogP contribution in [0.1, 0.15) is 11.9 Å². The molecule has 2 heterocycles. The summed E-state index contributed by atoms with van der Waals surface area (Å²) in [6.45, 7) is 0.363. The molecule has 1 amide bonds. The lowest BCUT2D eigenvalue weighted by Gasteiger charge is -2.25. The molecule has 0 aliphatic carbocycles.